The maximum atomic E-state index is 4.76. The number of halogens is 1. The third-order valence-corrected chi connectivity index (χ3v) is 2.25. The molecule has 1 aromatic rings. The average molecular weight is 366 g/mol. The van der Waals surface area contributed by atoms with Gasteiger partial charge < -0.3 is 15.2 Å². The quantitative estimate of drug-likeness (QED) is 0.461. The van der Waals surface area contributed by atoms with Gasteiger partial charge in [-0.05, 0) is 19.3 Å². The van der Waals surface area contributed by atoms with Crippen LogP contribution in [0.15, 0.2) is 21.8 Å². The van der Waals surface area contributed by atoms with Gasteiger partial charge in [0.05, 0.1) is 6.54 Å². The summed E-state index contributed by atoms with van der Waals surface area (Å²) < 4.78 is 4.76. The van der Waals surface area contributed by atoms with Gasteiger partial charge in [-0.3, -0.25) is 0 Å². The normalized spacial score (nSPS) is 11.2. The molecule has 0 amide bonds. The summed E-state index contributed by atoms with van der Waals surface area (Å²) in [5, 5.41) is 10.3. The zero-order chi connectivity index (χ0) is 12.5. The molecule has 104 valence electrons. The van der Waals surface area contributed by atoms with E-state index in [1.807, 2.05) is 6.07 Å². The molecule has 2 N–H and O–H groups in total. The Balaban J connectivity index is 0.00000289. The van der Waals surface area contributed by atoms with Gasteiger partial charge in [0.15, 0.2) is 5.96 Å². The zero-order valence-electron chi connectivity index (χ0n) is 11.3. The molecule has 0 aliphatic carbocycles. The molecule has 0 atom stereocenters. The Bertz CT molecular complexity index is 325. The number of nitrogens with one attached hydrogen (secondary N) is 2. The summed E-state index contributed by atoms with van der Waals surface area (Å²) in [4.78, 5) is 4.42. The number of aliphatic imine (C=N–C) groups is 1. The van der Waals surface area contributed by atoms with Gasteiger partial charge in [-0.1, -0.05) is 19.0 Å². The first-order chi connectivity index (χ1) is 8.22. The fourth-order valence-electron chi connectivity index (χ4n) is 1.30. The smallest absolute Gasteiger partial charge is 0.191 e. The summed E-state index contributed by atoms with van der Waals surface area (Å²) in [6.07, 6.45) is 2.69. The zero-order valence-corrected chi connectivity index (χ0v) is 13.6. The topological polar surface area (TPSA) is 62.5 Å². The van der Waals surface area contributed by atoms with E-state index >= 15 is 0 Å². The van der Waals surface area contributed by atoms with Crippen LogP contribution in [0.25, 0.3) is 0 Å². The minimum atomic E-state index is 0. The lowest BCUT2D eigenvalue weighted by molar-refractivity contribution is 0.412. The Morgan fingerprint density at radius 3 is 2.78 bits per heavy atom. The maximum Gasteiger partial charge on any atom is 0.191 e. The molecule has 0 aliphatic heterocycles. The highest BCUT2D eigenvalue weighted by Gasteiger charge is 1.99. The summed E-state index contributed by atoms with van der Waals surface area (Å²) in [5.41, 5.74) is 0.839. The van der Waals surface area contributed by atoms with Crippen molar-refractivity contribution in [1.82, 2.24) is 15.8 Å². The average Bonchev–Trinajstić information content (AvgIpc) is 2.78. The molecule has 18 heavy (non-hydrogen) atoms. The van der Waals surface area contributed by atoms with Crippen LogP contribution in [0.2, 0.25) is 0 Å². The van der Waals surface area contributed by atoms with Crippen molar-refractivity contribution < 1.29 is 4.52 Å². The van der Waals surface area contributed by atoms with Crippen molar-refractivity contribution in [2.45, 2.75) is 33.7 Å². The molecule has 0 saturated carbocycles. The molecule has 0 unspecified atom stereocenters. The molecule has 0 aromatic carbocycles. The highest BCUT2D eigenvalue weighted by atomic mass is 127. The lowest BCUT2D eigenvalue weighted by Crippen LogP contribution is -2.38. The molecule has 0 bridgehead atoms. The molecular formula is C12H23IN4O. The number of hydrogen-bond donors (Lipinski definition) is 2. The van der Waals surface area contributed by atoms with Crippen LogP contribution in [-0.2, 0) is 6.54 Å². The van der Waals surface area contributed by atoms with Gasteiger partial charge in [-0.25, -0.2) is 4.99 Å². The molecule has 0 fully saturated rings. The van der Waals surface area contributed by atoms with Gasteiger partial charge in [0.25, 0.3) is 0 Å². The summed E-state index contributed by atoms with van der Waals surface area (Å²) in [7, 11) is 0. The van der Waals surface area contributed by atoms with Crippen molar-refractivity contribution in [2.24, 2.45) is 10.9 Å². The standard InChI is InChI=1S/C12H22N4O.HI/c1-4-13-12(14-7-5-10(2)3)15-9-11-6-8-17-16-11;/h6,8,10H,4-5,7,9H2,1-3H3,(H2,13,14,15);1H. The second kappa shape index (κ2) is 10.2. The Kier molecular flexibility index (Phi) is 9.72. The number of rotatable bonds is 6. The van der Waals surface area contributed by atoms with E-state index in [1.165, 1.54) is 0 Å². The summed E-state index contributed by atoms with van der Waals surface area (Å²) in [6, 6.07) is 1.82. The number of nitrogens with zero attached hydrogens (tertiary/aromatic N) is 2. The predicted octanol–water partition coefficient (Wildman–Crippen LogP) is 2.39. The molecule has 0 aliphatic rings. The van der Waals surface area contributed by atoms with Crippen molar-refractivity contribution in [1.29, 1.82) is 0 Å². The first kappa shape index (κ1) is 17.2. The van der Waals surface area contributed by atoms with E-state index in [-0.39, 0.29) is 24.0 Å². The Labute approximate surface area is 126 Å². The van der Waals surface area contributed by atoms with Gasteiger partial charge in [0.1, 0.15) is 12.0 Å². The largest absolute Gasteiger partial charge is 0.364 e. The lowest BCUT2D eigenvalue weighted by Gasteiger charge is -2.11. The first-order valence-electron chi connectivity index (χ1n) is 6.13. The van der Waals surface area contributed by atoms with Crippen LogP contribution in [0.1, 0.15) is 32.9 Å². The van der Waals surface area contributed by atoms with E-state index < -0.39 is 0 Å². The molecule has 5 nitrogen and oxygen atoms in total. The summed E-state index contributed by atoms with van der Waals surface area (Å²) in [5.74, 6) is 1.53. The van der Waals surface area contributed by atoms with Gasteiger partial charge in [0.2, 0.25) is 0 Å². The molecule has 0 radical (unpaired) electrons. The number of hydrogen-bond acceptors (Lipinski definition) is 3. The molecule has 0 saturated heterocycles. The second-order valence-corrected chi connectivity index (χ2v) is 4.30. The Morgan fingerprint density at radius 2 is 2.22 bits per heavy atom. The fourth-order valence-corrected chi connectivity index (χ4v) is 1.30. The molecule has 1 heterocycles. The van der Waals surface area contributed by atoms with Crippen LogP contribution >= 0.6 is 24.0 Å². The summed E-state index contributed by atoms with van der Waals surface area (Å²) >= 11 is 0. The Morgan fingerprint density at radius 1 is 1.44 bits per heavy atom. The van der Waals surface area contributed by atoms with Gasteiger partial charge in [-0.2, -0.15) is 0 Å². The van der Waals surface area contributed by atoms with E-state index in [4.69, 9.17) is 4.52 Å². The van der Waals surface area contributed by atoms with E-state index in [1.54, 1.807) is 6.26 Å². The first-order valence-corrected chi connectivity index (χ1v) is 6.13. The van der Waals surface area contributed by atoms with E-state index in [9.17, 15) is 0 Å². The third kappa shape index (κ3) is 7.52. The van der Waals surface area contributed by atoms with Crippen molar-refractivity contribution in [2.75, 3.05) is 13.1 Å². The van der Waals surface area contributed by atoms with E-state index in [0.29, 0.717) is 12.5 Å². The predicted molar refractivity (Wildman–Crippen MR) is 84.2 cm³/mol. The SMILES string of the molecule is CCNC(=NCc1ccon1)NCCC(C)C.I. The van der Waals surface area contributed by atoms with Crippen LogP contribution in [0, 0.1) is 5.92 Å². The molecule has 1 rings (SSSR count). The highest BCUT2D eigenvalue weighted by Crippen LogP contribution is 1.98. The molecule has 0 spiro atoms. The van der Waals surface area contributed by atoms with Gasteiger partial charge in [-0.15, -0.1) is 24.0 Å². The van der Waals surface area contributed by atoms with Crippen LogP contribution in [-0.4, -0.2) is 24.2 Å². The molecular weight excluding hydrogens is 343 g/mol. The highest BCUT2D eigenvalue weighted by molar-refractivity contribution is 14.0. The number of aromatic nitrogens is 1. The van der Waals surface area contributed by atoms with Gasteiger partial charge >= 0.3 is 0 Å². The second-order valence-electron chi connectivity index (χ2n) is 4.30. The maximum absolute atomic E-state index is 4.76. The van der Waals surface area contributed by atoms with Crippen molar-refractivity contribution in [3.63, 3.8) is 0 Å². The van der Waals surface area contributed by atoms with Crippen molar-refractivity contribution in [3.8, 4) is 0 Å². The monoisotopic (exact) mass is 366 g/mol. The number of guanidine groups is 1. The van der Waals surface area contributed by atoms with Crippen LogP contribution in [0.5, 0.6) is 0 Å². The molecule has 6 heteroatoms. The fraction of sp³-hybridized carbons (Fsp3) is 0.667. The van der Waals surface area contributed by atoms with Crippen molar-refractivity contribution >= 4 is 29.9 Å². The van der Waals surface area contributed by atoms with Crippen LogP contribution in [0.4, 0.5) is 0 Å². The van der Waals surface area contributed by atoms with E-state index in [2.05, 4.69) is 41.6 Å². The van der Waals surface area contributed by atoms with Crippen LogP contribution < -0.4 is 10.6 Å². The minimum Gasteiger partial charge on any atom is -0.364 e. The van der Waals surface area contributed by atoms with Gasteiger partial charge in [0, 0.05) is 19.2 Å². The molecule has 1 aromatic heterocycles. The third-order valence-electron chi connectivity index (χ3n) is 2.25. The van der Waals surface area contributed by atoms with E-state index in [0.717, 1.165) is 31.2 Å². The summed E-state index contributed by atoms with van der Waals surface area (Å²) in [6.45, 7) is 8.79. The van der Waals surface area contributed by atoms with Crippen LogP contribution in [0.3, 0.4) is 0 Å². The lowest BCUT2D eigenvalue weighted by atomic mass is 10.1. The Hall–Kier alpha value is -0.790. The van der Waals surface area contributed by atoms with Crippen molar-refractivity contribution in [3.05, 3.63) is 18.0 Å². The minimum absolute atomic E-state index is 0.